The Morgan fingerprint density at radius 3 is 2.77 bits per heavy atom. The van der Waals surface area contributed by atoms with E-state index in [2.05, 4.69) is 15.2 Å². The largest absolute Gasteiger partial charge is 0.420 e. The molecule has 7 heteroatoms. The second kappa shape index (κ2) is 7.35. The van der Waals surface area contributed by atoms with Crippen molar-refractivity contribution in [2.75, 3.05) is 0 Å². The minimum absolute atomic E-state index is 0.527. The highest BCUT2D eigenvalue weighted by Gasteiger charge is 2.12. The summed E-state index contributed by atoms with van der Waals surface area (Å²) >= 11 is 7.61. The molecule has 4 aromatic rings. The van der Waals surface area contributed by atoms with Crippen LogP contribution >= 0.6 is 23.4 Å². The fourth-order valence-electron chi connectivity index (χ4n) is 2.47. The van der Waals surface area contributed by atoms with Gasteiger partial charge in [0.25, 0.3) is 0 Å². The maximum Gasteiger partial charge on any atom is 0.247 e. The van der Waals surface area contributed by atoms with Crippen molar-refractivity contribution in [3.63, 3.8) is 0 Å². The summed E-state index contributed by atoms with van der Waals surface area (Å²) < 4.78 is 7.75. The van der Waals surface area contributed by atoms with Gasteiger partial charge in [-0.05, 0) is 37.3 Å². The summed E-state index contributed by atoms with van der Waals surface area (Å²) in [6.07, 6.45) is 3.66. The topological polar surface area (TPSA) is 56.7 Å². The van der Waals surface area contributed by atoms with Gasteiger partial charge in [-0.3, -0.25) is 4.57 Å². The Morgan fingerprint density at radius 2 is 1.96 bits per heavy atom. The lowest BCUT2D eigenvalue weighted by atomic mass is 10.1. The van der Waals surface area contributed by atoms with Crippen LogP contribution in [-0.4, -0.2) is 19.7 Å². The van der Waals surface area contributed by atoms with Crippen molar-refractivity contribution >= 4 is 23.4 Å². The highest BCUT2D eigenvalue weighted by Crippen LogP contribution is 2.26. The molecule has 0 radical (unpaired) electrons. The van der Waals surface area contributed by atoms with Crippen molar-refractivity contribution in [3.05, 3.63) is 77.4 Å². The number of rotatable bonds is 5. The van der Waals surface area contributed by atoms with E-state index in [1.54, 1.807) is 6.20 Å². The molecule has 130 valence electrons. The molecule has 2 heterocycles. The van der Waals surface area contributed by atoms with E-state index in [0.29, 0.717) is 22.6 Å². The Kier molecular flexibility index (Phi) is 4.77. The fourth-order valence-corrected chi connectivity index (χ4v) is 3.46. The number of imidazole rings is 1. The molecular formula is C19H15ClN4OS. The Hall–Kier alpha value is -2.57. The molecule has 0 fully saturated rings. The predicted octanol–water partition coefficient (Wildman–Crippen LogP) is 5.18. The van der Waals surface area contributed by atoms with Gasteiger partial charge in [0.1, 0.15) is 0 Å². The van der Waals surface area contributed by atoms with Crippen LogP contribution in [0.2, 0.25) is 5.02 Å². The van der Waals surface area contributed by atoms with Crippen molar-refractivity contribution in [1.82, 2.24) is 19.7 Å². The van der Waals surface area contributed by atoms with E-state index in [4.69, 9.17) is 16.0 Å². The van der Waals surface area contributed by atoms with Crippen molar-refractivity contribution < 1.29 is 4.42 Å². The Bertz CT molecular complexity index is 1030. The van der Waals surface area contributed by atoms with Gasteiger partial charge in [-0.2, -0.15) is 0 Å². The molecule has 0 spiro atoms. The maximum absolute atomic E-state index is 6.08. The van der Waals surface area contributed by atoms with Gasteiger partial charge in [0.05, 0.1) is 5.75 Å². The molecule has 0 aliphatic carbocycles. The monoisotopic (exact) mass is 382 g/mol. The molecule has 0 unspecified atom stereocenters. The second-order valence-electron chi connectivity index (χ2n) is 5.72. The van der Waals surface area contributed by atoms with E-state index in [1.165, 1.54) is 17.3 Å². The summed E-state index contributed by atoms with van der Waals surface area (Å²) in [5, 5.41) is 9.79. The molecular weight excluding hydrogens is 368 g/mol. The minimum Gasteiger partial charge on any atom is -0.420 e. The molecule has 4 rings (SSSR count). The van der Waals surface area contributed by atoms with Gasteiger partial charge in [0.15, 0.2) is 5.16 Å². The summed E-state index contributed by atoms with van der Waals surface area (Å²) in [5.74, 6) is 1.63. The van der Waals surface area contributed by atoms with E-state index in [0.717, 1.165) is 16.4 Å². The van der Waals surface area contributed by atoms with E-state index >= 15 is 0 Å². The fraction of sp³-hybridized carbons (Fsp3) is 0.105. The third-order valence-corrected chi connectivity index (χ3v) is 4.97. The highest BCUT2D eigenvalue weighted by atomic mass is 35.5. The molecule has 26 heavy (non-hydrogen) atoms. The smallest absolute Gasteiger partial charge is 0.247 e. The van der Waals surface area contributed by atoms with Gasteiger partial charge < -0.3 is 4.42 Å². The summed E-state index contributed by atoms with van der Waals surface area (Å²) in [6, 6.07) is 15.6. The molecule has 0 saturated heterocycles. The van der Waals surface area contributed by atoms with Gasteiger partial charge in [0, 0.05) is 28.7 Å². The van der Waals surface area contributed by atoms with E-state index in [1.807, 2.05) is 66.2 Å². The number of hydrogen-bond acceptors (Lipinski definition) is 5. The van der Waals surface area contributed by atoms with Crippen LogP contribution in [0.1, 0.15) is 11.5 Å². The van der Waals surface area contributed by atoms with Gasteiger partial charge in [-0.25, -0.2) is 4.98 Å². The number of aromatic nitrogens is 4. The molecule has 0 saturated carbocycles. The first kappa shape index (κ1) is 16.9. The number of nitrogens with zero attached hydrogens (tertiary/aromatic N) is 4. The average Bonchev–Trinajstić information content (AvgIpc) is 3.30. The van der Waals surface area contributed by atoms with Gasteiger partial charge in [0.2, 0.25) is 11.8 Å². The van der Waals surface area contributed by atoms with E-state index < -0.39 is 0 Å². The highest BCUT2D eigenvalue weighted by molar-refractivity contribution is 7.98. The standard InChI is InChI=1S/C19H15ClN4OS/c1-13-5-7-14(8-6-13)18-23-22-17(25-18)12-26-19-21-9-10-24(19)16-4-2-3-15(20)11-16/h2-11H,12H2,1H3. The Labute approximate surface area is 160 Å². The average molecular weight is 383 g/mol. The second-order valence-corrected chi connectivity index (χ2v) is 7.09. The zero-order valence-corrected chi connectivity index (χ0v) is 15.5. The van der Waals surface area contributed by atoms with Crippen LogP contribution < -0.4 is 0 Å². The molecule has 0 bridgehead atoms. The van der Waals surface area contributed by atoms with Crippen LogP contribution in [0.15, 0.2) is 70.5 Å². The molecule has 0 amide bonds. The summed E-state index contributed by atoms with van der Waals surface area (Å²) in [5.41, 5.74) is 3.07. The number of benzene rings is 2. The van der Waals surface area contributed by atoms with E-state index in [-0.39, 0.29) is 0 Å². The van der Waals surface area contributed by atoms with Crippen LogP contribution in [-0.2, 0) is 5.75 Å². The zero-order valence-electron chi connectivity index (χ0n) is 14.0. The van der Waals surface area contributed by atoms with Crippen LogP contribution in [0.4, 0.5) is 0 Å². The Balaban J connectivity index is 1.49. The first-order valence-corrected chi connectivity index (χ1v) is 9.37. The summed E-state index contributed by atoms with van der Waals surface area (Å²) in [7, 11) is 0. The van der Waals surface area contributed by atoms with Gasteiger partial charge in [-0.15, -0.1) is 10.2 Å². The SMILES string of the molecule is Cc1ccc(-c2nnc(CSc3nccn3-c3cccc(Cl)c3)o2)cc1. The van der Waals surface area contributed by atoms with Crippen LogP contribution in [0.5, 0.6) is 0 Å². The zero-order chi connectivity index (χ0) is 17.9. The molecule has 0 aliphatic rings. The normalized spacial score (nSPS) is 11.0. The minimum atomic E-state index is 0.527. The molecule has 2 aromatic carbocycles. The molecule has 2 aromatic heterocycles. The van der Waals surface area contributed by atoms with Crippen LogP contribution in [0.3, 0.4) is 0 Å². The molecule has 0 N–H and O–H groups in total. The van der Waals surface area contributed by atoms with Crippen LogP contribution in [0, 0.1) is 6.92 Å². The summed E-state index contributed by atoms with van der Waals surface area (Å²) in [6.45, 7) is 2.04. The first-order chi connectivity index (χ1) is 12.7. The predicted molar refractivity (Wildman–Crippen MR) is 103 cm³/mol. The van der Waals surface area contributed by atoms with Gasteiger partial charge in [-0.1, -0.05) is 47.1 Å². The number of halogens is 1. The van der Waals surface area contributed by atoms with Gasteiger partial charge >= 0.3 is 0 Å². The Morgan fingerprint density at radius 1 is 1.12 bits per heavy atom. The number of hydrogen-bond donors (Lipinski definition) is 0. The quantitative estimate of drug-likeness (QED) is 0.445. The first-order valence-electron chi connectivity index (χ1n) is 8.00. The van der Waals surface area contributed by atoms with Crippen molar-refractivity contribution in [1.29, 1.82) is 0 Å². The van der Waals surface area contributed by atoms with E-state index in [9.17, 15) is 0 Å². The van der Waals surface area contributed by atoms with Crippen molar-refractivity contribution in [2.45, 2.75) is 17.8 Å². The third-order valence-electron chi connectivity index (χ3n) is 3.78. The number of aryl methyl sites for hydroxylation is 1. The van der Waals surface area contributed by atoms with Crippen LogP contribution in [0.25, 0.3) is 17.1 Å². The molecule has 5 nitrogen and oxygen atoms in total. The lowest BCUT2D eigenvalue weighted by molar-refractivity contribution is 0.528. The maximum atomic E-state index is 6.08. The lowest BCUT2D eigenvalue weighted by Crippen LogP contribution is -1.95. The molecule has 0 aliphatic heterocycles. The summed E-state index contributed by atoms with van der Waals surface area (Å²) in [4.78, 5) is 4.40. The third kappa shape index (κ3) is 3.66. The lowest BCUT2D eigenvalue weighted by Gasteiger charge is -2.06. The molecule has 0 atom stereocenters. The van der Waals surface area contributed by atoms with Crippen molar-refractivity contribution in [3.8, 4) is 17.1 Å². The number of thioether (sulfide) groups is 1. The van der Waals surface area contributed by atoms with Crippen molar-refractivity contribution in [2.24, 2.45) is 0 Å².